The van der Waals surface area contributed by atoms with Crippen LogP contribution in [0.15, 0.2) is 0 Å². The first kappa shape index (κ1) is 93.1. The molecule has 0 heterocycles. The van der Waals surface area contributed by atoms with E-state index in [4.69, 9.17) is 91.9 Å². The first-order chi connectivity index (χ1) is 10.4. The molecule has 196 valence electrons. The summed E-state index contributed by atoms with van der Waals surface area (Å²) in [6, 6.07) is 0. The van der Waals surface area contributed by atoms with Gasteiger partial charge in [-0.05, 0) is 0 Å². The Labute approximate surface area is 187 Å². The molecule has 0 spiro atoms. The second kappa shape index (κ2) is 82.9. The summed E-state index contributed by atoms with van der Waals surface area (Å²) in [6.07, 6.45) is 0. The van der Waals surface area contributed by atoms with Crippen LogP contribution in [0.2, 0.25) is 0 Å². The Bertz CT molecular complexity index is 259. The van der Waals surface area contributed by atoms with Crippen molar-refractivity contribution in [2.45, 2.75) is 0 Å². The fraction of sp³-hybridized carbons (Fsp3) is 0. The summed E-state index contributed by atoms with van der Waals surface area (Å²) in [5, 5.41) is 88.5. The third-order valence-electron chi connectivity index (χ3n) is 0. The van der Waals surface area contributed by atoms with Crippen molar-refractivity contribution in [2.75, 3.05) is 0 Å². The van der Waals surface area contributed by atoms with Gasteiger partial charge >= 0.3 is 0 Å². The van der Waals surface area contributed by atoms with Crippen LogP contribution in [-0.4, -0.2) is 63.4 Å². The third-order valence-corrected chi connectivity index (χ3v) is 0. The summed E-state index contributed by atoms with van der Waals surface area (Å²) in [4.78, 5) is 49.5. The molecule has 0 aliphatic rings. The van der Waals surface area contributed by atoms with Gasteiger partial charge in [-0.15, -0.1) is 0 Å². The van der Waals surface area contributed by atoms with E-state index in [2.05, 4.69) is 0 Å². The molecule has 0 unspecified atom stereocenters. The van der Waals surface area contributed by atoms with E-state index >= 15 is 0 Å². The maximum atomic E-state index is 8.25. The molecule has 0 fully saturated rings. The van der Waals surface area contributed by atoms with E-state index in [1.165, 1.54) is 0 Å². The maximum Gasteiger partial charge on any atom is 0.0689 e. The second-order valence-corrected chi connectivity index (χ2v) is 1.34. The summed E-state index contributed by atoms with van der Waals surface area (Å²) in [5.41, 5.74) is 0. The molecule has 31 heavy (non-hydrogen) atoms. The third kappa shape index (κ3) is 943. The van der Waals surface area contributed by atoms with Gasteiger partial charge in [-0.3, -0.25) is 0 Å². The Balaban J connectivity index is -0.0000000109. The van der Waals surface area contributed by atoms with E-state index in [0.29, 0.717) is 0 Å². The van der Waals surface area contributed by atoms with Crippen LogP contribution in [0, 0.1) is 123 Å². The number of nitrogens with zero attached hydrogens (tertiary/aromatic N) is 6. The van der Waals surface area contributed by atoms with Crippen molar-refractivity contribution in [3.8, 4) is 0 Å². The van der Waals surface area contributed by atoms with Crippen molar-refractivity contribution in [3.05, 3.63) is 91.9 Å². The first-order valence-electron chi connectivity index (χ1n) is 3.29. The molecule has 0 aliphatic carbocycles. The number of hydrogen-bond donors (Lipinski definition) is 0. The van der Waals surface area contributed by atoms with Crippen LogP contribution in [0.1, 0.15) is 0 Å². The van der Waals surface area contributed by atoms with Gasteiger partial charge < -0.3 is 125 Å². The summed E-state index contributed by atoms with van der Waals surface area (Å²) in [7, 11) is 0. The van der Waals surface area contributed by atoms with E-state index in [-0.39, 0.29) is 64.0 Å². The molecule has 0 aromatic rings. The minimum Gasteiger partial charge on any atom is -0.412 e. The van der Waals surface area contributed by atoms with Gasteiger partial charge in [0.2, 0.25) is 0 Å². The van der Waals surface area contributed by atoms with Gasteiger partial charge in [0.1, 0.15) is 0 Å². The van der Waals surface area contributed by atoms with Gasteiger partial charge in [-0.1, -0.05) is 0 Å². The molecule has 0 amide bonds. The fourth-order valence-corrected chi connectivity index (χ4v) is 0. The SMILES string of the molecule is O.O.O.O.O.O.O=[N+]([O-])[O-].O=[N+]([O-])[O-].O=[N+]([O-])[O-].O=[N+]([O-])[O-].O=[N+]([O-])[O-].O=[N+]([O-])[O-].[U]. The minimum atomic E-state index is -1.75. The van der Waals surface area contributed by atoms with E-state index in [1.807, 2.05) is 0 Å². The van der Waals surface area contributed by atoms with Crippen molar-refractivity contribution in [3.63, 3.8) is 0 Å². The van der Waals surface area contributed by atoms with Gasteiger partial charge in [0.15, 0.2) is 0 Å². The van der Waals surface area contributed by atoms with Crippen molar-refractivity contribution in [1.29, 1.82) is 0 Å². The molecule has 0 saturated carbocycles. The molecule has 0 saturated heterocycles. The molecule has 0 atom stereocenters. The van der Waals surface area contributed by atoms with Gasteiger partial charge in [-0.2, -0.15) is 0 Å². The number of rotatable bonds is 0. The number of hydrogen-bond acceptors (Lipinski definition) is 18. The largest absolute Gasteiger partial charge is 0.412 e. The van der Waals surface area contributed by atoms with Crippen LogP contribution < -0.4 is 0 Å². The predicted octanol–water partition coefficient (Wildman–Crippen LogP) is -6.38. The monoisotopic (exact) mass is 718 g/mol. The zero-order valence-corrected chi connectivity index (χ0v) is 17.7. The van der Waals surface area contributed by atoms with E-state index in [1.54, 1.807) is 0 Å². The predicted molar refractivity (Wildman–Crippen MR) is 83.9 cm³/mol. The summed E-state index contributed by atoms with van der Waals surface area (Å²) >= 11 is 0. The molecule has 12 N–H and O–H groups in total. The molecular formula is H12N6O24U-6. The molecule has 0 rings (SSSR count). The van der Waals surface area contributed by atoms with Gasteiger partial charge in [0.25, 0.3) is 0 Å². The van der Waals surface area contributed by atoms with Crippen molar-refractivity contribution < 1.29 is 94.5 Å². The van der Waals surface area contributed by atoms with E-state index < -0.39 is 30.5 Å². The van der Waals surface area contributed by atoms with E-state index in [0.717, 1.165) is 0 Å². The molecule has 0 aliphatic heterocycles. The van der Waals surface area contributed by atoms with Crippen LogP contribution in [0.5, 0.6) is 0 Å². The van der Waals surface area contributed by atoms with Crippen LogP contribution in [0.3, 0.4) is 0 Å². The van der Waals surface area contributed by atoms with Gasteiger partial charge in [-0.25, -0.2) is 0 Å². The van der Waals surface area contributed by atoms with Crippen molar-refractivity contribution in [1.82, 2.24) is 0 Å². The van der Waals surface area contributed by atoms with Crippen LogP contribution in [0.25, 0.3) is 0 Å². The van der Waals surface area contributed by atoms with Crippen LogP contribution >= 0.6 is 0 Å². The van der Waals surface area contributed by atoms with Crippen molar-refractivity contribution in [2.24, 2.45) is 0 Å². The molecular weight excluding hydrogens is 706 g/mol. The Morgan fingerprint density at radius 2 is 0.258 bits per heavy atom. The second-order valence-electron chi connectivity index (χ2n) is 1.34. The minimum absolute atomic E-state index is 0. The van der Waals surface area contributed by atoms with E-state index in [9.17, 15) is 0 Å². The molecule has 30 nitrogen and oxygen atoms in total. The summed E-state index contributed by atoms with van der Waals surface area (Å²) in [5.74, 6) is 0. The zero-order chi connectivity index (χ0) is 21.5. The molecule has 0 bridgehead atoms. The molecule has 0 aromatic heterocycles. The first-order valence-corrected chi connectivity index (χ1v) is 3.29. The van der Waals surface area contributed by atoms with Gasteiger partial charge in [0, 0.05) is 31.1 Å². The Morgan fingerprint density at radius 3 is 0.258 bits per heavy atom. The normalized spacial score (nSPS) is 4.65. The molecule has 0 aromatic carbocycles. The van der Waals surface area contributed by atoms with Crippen LogP contribution in [0.4, 0.5) is 0 Å². The molecule has 0 radical (unpaired) electrons. The summed E-state index contributed by atoms with van der Waals surface area (Å²) in [6.45, 7) is 0. The Hall–Kier alpha value is -3.99. The Morgan fingerprint density at radius 1 is 0.258 bits per heavy atom. The van der Waals surface area contributed by atoms with Crippen molar-refractivity contribution >= 4 is 0 Å². The molecule has 31 heteroatoms. The maximum absolute atomic E-state index is 8.25. The average molecular weight is 718 g/mol. The fourth-order valence-electron chi connectivity index (χ4n) is 0. The summed E-state index contributed by atoms with van der Waals surface area (Å²) < 4.78 is 0. The topological polar surface area (TPSA) is 586 Å². The van der Waals surface area contributed by atoms with Gasteiger partial charge in [0.05, 0.1) is 30.5 Å². The Kier molecular flexibility index (Phi) is 249. The smallest absolute Gasteiger partial charge is 0.0689 e. The van der Waals surface area contributed by atoms with Crippen LogP contribution in [-0.2, 0) is 0 Å². The standard InChI is InChI=1S/6NO3.6H2O.U/c6*2-1(3)4;;;;;;;/h;;;;;;6*1H2;/q6*-1;;;;;;;. The zero-order valence-electron chi connectivity index (χ0n) is 13.5. The average Bonchev–Trinajstić information content (AvgIpc) is 2.08. The quantitative estimate of drug-likeness (QED) is 0.166.